The molecule has 0 aliphatic heterocycles. The normalized spacial score (nSPS) is 13.7. The van der Waals surface area contributed by atoms with E-state index in [4.69, 9.17) is 20.3 Å². The Balaban J connectivity index is 0.000000543. The zero-order valence-electron chi connectivity index (χ0n) is 18.0. The van der Waals surface area contributed by atoms with E-state index in [1.165, 1.54) is 24.3 Å². The van der Waals surface area contributed by atoms with E-state index in [0.717, 1.165) is 6.29 Å². The number of phenols is 1. The lowest BCUT2D eigenvalue weighted by molar-refractivity contribution is -0.126. The summed E-state index contributed by atoms with van der Waals surface area (Å²) in [4.78, 5) is 33.6. The van der Waals surface area contributed by atoms with E-state index >= 15 is 0 Å². The van der Waals surface area contributed by atoms with Gasteiger partial charge in [0.15, 0.2) is 0 Å². The summed E-state index contributed by atoms with van der Waals surface area (Å²) in [5.74, 6) is -0.382. The van der Waals surface area contributed by atoms with Crippen LogP contribution in [-0.4, -0.2) is 55.2 Å². The summed E-state index contributed by atoms with van der Waals surface area (Å²) in [5, 5.41) is 11.6. The summed E-state index contributed by atoms with van der Waals surface area (Å²) in [6, 6.07) is 4.92. The van der Waals surface area contributed by atoms with E-state index in [1.807, 2.05) is 27.7 Å². The van der Waals surface area contributed by atoms with Crippen molar-refractivity contribution in [3.8, 4) is 5.75 Å². The van der Waals surface area contributed by atoms with Gasteiger partial charge in [0.05, 0.1) is 24.3 Å². The first-order chi connectivity index (χ1) is 13.5. The maximum Gasteiger partial charge on any atom is 0.338 e. The number of phenolic OH excluding ortho intramolecular Hbond substituents is 1. The molecule has 1 rings (SSSR count). The highest BCUT2D eigenvalue weighted by Crippen LogP contribution is 2.11. The molecule has 4 N–H and O–H groups in total. The molecule has 8 nitrogen and oxygen atoms in total. The average Bonchev–Trinajstić information content (AvgIpc) is 2.66. The molecule has 3 unspecified atom stereocenters. The number of carbonyl (C=O) groups is 3. The Morgan fingerprint density at radius 1 is 1.10 bits per heavy atom. The van der Waals surface area contributed by atoms with Gasteiger partial charge < -0.3 is 30.4 Å². The number of nitrogens with two attached hydrogens (primary N) is 1. The highest BCUT2D eigenvalue weighted by atomic mass is 16.6. The fourth-order valence-corrected chi connectivity index (χ4v) is 2.04. The van der Waals surface area contributed by atoms with Crippen LogP contribution in [0.5, 0.6) is 5.75 Å². The van der Waals surface area contributed by atoms with Crippen LogP contribution >= 0.6 is 0 Å². The second kappa shape index (κ2) is 13.7. The molecule has 1 aromatic rings. The van der Waals surface area contributed by atoms with Crippen molar-refractivity contribution in [2.24, 2.45) is 17.6 Å². The van der Waals surface area contributed by atoms with Crippen LogP contribution in [0.25, 0.3) is 0 Å². The van der Waals surface area contributed by atoms with Crippen molar-refractivity contribution < 1.29 is 29.0 Å². The first kappa shape index (κ1) is 26.6. The summed E-state index contributed by atoms with van der Waals surface area (Å²) in [5.41, 5.74) is 6.05. The molecule has 0 aromatic heterocycles. The number of hydrogen-bond acceptors (Lipinski definition) is 7. The number of methoxy groups -OCH3 is 1. The Morgan fingerprint density at radius 2 is 1.66 bits per heavy atom. The summed E-state index contributed by atoms with van der Waals surface area (Å²) in [6.07, 6.45) is 0.464. The lowest BCUT2D eigenvalue weighted by Crippen LogP contribution is -2.49. The van der Waals surface area contributed by atoms with Gasteiger partial charge in [0.2, 0.25) is 5.91 Å². The van der Waals surface area contributed by atoms with E-state index in [-0.39, 0.29) is 29.6 Å². The highest BCUT2D eigenvalue weighted by Gasteiger charge is 2.21. The quantitative estimate of drug-likeness (QED) is 0.419. The van der Waals surface area contributed by atoms with E-state index in [1.54, 1.807) is 14.0 Å². The molecule has 1 amide bonds. The Kier molecular flexibility index (Phi) is 12.5. The van der Waals surface area contributed by atoms with Gasteiger partial charge in [-0.15, -0.1) is 0 Å². The molecule has 0 spiro atoms. The number of esters is 1. The van der Waals surface area contributed by atoms with Crippen molar-refractivity contribution in [1.29, 1.82) is 0 Å². The number of ether oxygens (including phenoxy) is 2. The molecule has 0 aliphatic carbocycles. The van der Waals surface area contributed by atoms with Crippen LogP contribution in [-0.2, 0) is 19.1 Å². The van der Waals surface area contributed by atoms with Crippen LogP contribution in [0.2, 0.25) is 0 Å². The number of amides is 1. The molecule has 0 bridgehead atoms. The lowest BCUT2D eigenvalue weighted by Gasteiger charge is -2.20. The van der Waals surface area contributed by atoms with Crippen LogP contribution < -0.4 is 11.1 Å². The first-order valence-corrected chi connectivity index (χ1v) is 9.53. The molecule has 164 valence electrons. The molecule has 0 saturated heterocycles. The predicted molar refractivity (Wildman–Crippen MR) is 111 cm³/mol. The molecule has 0 radical (unpaired) electrons. The van der Waals surface area contributed by atoms with Gasteiger partial charge in [-0.25, -0.2) is 4.79 Å². The number of aromatic hydroxyl groups is 1. The minimum atomic E-state index is -0.545. The Morgan fingerprint density at radius 3 is 2.07 bits per heavy atom. The standard InChI is InChI=1S/C11H14O4.C10H20N2O2/c1-8(7-14-2)15-11(13)9-3-5-10(12)6-4-9;1-6(2)8(5-13)12-10(14)9(11)7(3)4/h3-6,8,12H,7H2,1-2H3;5-9H,11H2,1-4H3,(H,12,14). The third-order valence-electron chi connectivity index (χ3n) is 4.01. The lowest BCUT2D eigenvalue weighted by atomic mass is 10.0. The molecule has 8 heteroatoms. The van der Waals surface area contributed by atoms with Gasteiger partial charge in [-0.1, -0.05) is 27.7 Å². The van der Waals surface area contributed by atoms with Crippen molar-refractivity contribution in [1.82, 2.24) is 5.32 Å². The molecular weight excluding hydrogens is 376 g/mol. The SMILES string of the molecule is CC(C)C(C=O)NC(=O)C(N)C(C)C.COCC(C)OC(=O)c1ccc(O)cc1. The summed E-state index contributed by atoms with van der Waals surface area (Å²) >= 11 is 0. The van der Waals surface area contributed by atoms with Crippen molar-refractivity contribution in [2.45, 2.75) is 52.8 Å². The smallest absolute Gasteiger partial charge is 0.338 e. The third kappa shape index (κ3) is 10.6. The first-order valence-electron chi connectivity index (χ1n) is 9.53. The minimum absolute atomic E-state index is 0.0782. The Labute approximate surface area is 172 Å². The molecule has 0 fully saturated rings. The van der Waals surface area contributed by atoms with Crippen molar-refractivity contribution in [3.63, 3.8) is 0 Å². The highest BCUT2D eigenvalue weighted by molar-refractivity contribution is 5.89. The molecule has 0 heterocycles. The number of hydrogen-bond donors (Lipinski definition) is 3. The van der Waals surface area contributed by atoms with Crippen molar-refractivity contribution in [3.05, 3.63) is 29.8 Å². The van der Waals surface area contributed by atoms with Gasteiger partial charge in [-0.2, -0.15) is 0 Å². The monoisotopic (exact) mass is 410 g/mol. The van der Waals surface area contributed by atoms with Gasteiger partial charge in [0.1, 0.15) is 18.1 Å². The van der Waals surface area contributed by atoms with E-state index in [2.05, 4.69) is 5.32 Å². The zero-order chi connectivity index (χ0) is 22.6. The van der Waals surface area contributed by atoms with Crippen LogP contribution in [0, 0.1) is 11.8 Å². The predicted octanol–water partition coefficient (Wildman–Crippen LogP) is 1.89. The number of benzene rings is 1. The molecule has 0 saturated carbocycles. The number of nitrogens with one attached hydrogen (secondary N) is 1. The second-order valence-corrected chi connectivity index (χ2v) is 7.40. The number of carbonyl (C=O) groups excluding carboxylic acids is 3. The topological polar surface area (TPSA) is 128 Å². The van der Waals surface area contributed by atoms with Crippen LogP contribution in [0.15, 0.2) is 24.3 Å². The molecule has 3 atom stereocenters. The van der Waals surface area contributed by atoms with Crippen molar-refractivity contribution in [2.75, 3.05) is 13.7 Å². The second-order valence-electron chi connectivity index (χ2n) is 7.40. The van der Waals surface area contributed by atoms with Gasteiger partial charge in [-0.05, 0) is 43.0 Å². The number of rotatable bonds is 9. The van der Waals surface area contributed by atoms with Gasteiger partial charge in [-0.3, -0.25) is 4.79 Å². The molecule has 1 aromatic carbocycles. The third-order valence-corrected chi connectivity index (χ3v) is 4.01. The molecule has 29 heavy (non-hydrogen) atoms. The molecular formula is C21H34N2O6. The van der Waals surface area contributed by atoms with Gasteiger partial charge in [0, 0.05) is 7.11 Å². The molecule has 0 aliphatic rings. The van der Waals surface area contributed by atoms with E-state index < -0.39 is 18.1 Å². The Bertz CT molecular complexity index is 631. The average molecular weight is 411 g/mol. The Hall–Kier alpha value is -2.45. The largest absolute Gasteiger partial charge is 0.508 e. The maximum atomic E-state index is 11.5. The minimum Gasteiger partial charge on any atom is -0.508 e. The summed E-state index contributed by atoms with van der Waals surface area (Å²) in [7, 11) is 1.55. The summed E-state index contributed by atoms with van der Waals surface area (Å²) < 4.78 is 9.91. The number of aldehydes is 1. The zero-order valence-corrected chi connectivity index (χ0v) is 18.0. The van der Waals surface area contributed by atoms with Gasteiger partial charge >= 0.3 is 5.97 Å². The van der Waals surface area contributed by atoms with Crippen LogP contribution in [0.1, 0.15) is 45.0 Å². The maximum absolute atomic E-state index is 11.5. The van der Waals surface area contributed by atoms with E-state index in [0.29, 0.717) is 12.2 Å². The summed E-state index contributed by atoms with van der Waals surface area (Å²) in [6.45, 7) is 9.61. The van der Waals surface area contributed by atoms with Crippen molar-refractivity contribution >= 4 is 18.2 Å². The van der Waals surface area contributed by atoms with Gasteiger partial charge in [0.25, 0.3) is 0 Å². The fraction of sp³-hybridized carbons (Fsp3) is 0.571. The van der Waals surface area contributed by atoms with Crippen LogP contribution in [0.4, 0.5) is 0 Å². The van der Waals surface area contributed by atoms with E-state index in [9.17, 15) is 14.4 Å². The van der Waals surface area contributed by atoms with Crippen LogP contribution in [0.3, 0.4) is 0 Å². The fourth-order valence-electron chi connectivity index (χ4n) is 2.04.